The maximum atomic E-state index is 11.5. The molecular weight excluding hydrogens is 232 g/mol. The number of urea groups is 1. The lowest BCUT2D eigenvalue weighted by Crippen LogP contribution is -2.56. The molecule has 0 heterocycles. The third kappa shape index (κ3) is 6.93. The molecule has 0 aliphatic heterocycles. The van der Waals surface area contributed by atoms with Crippen molar-refractivity contribution in [2.75, 3.05) is 13.2 Å². The van der Waals surface area contributed by atoms with Crippen molar-refractivity contribution in [2.24, 2.45) is 5.73 Å². The molecule has 0 aromatic heterocycles. The van der Waals surface area contributed by atoms with Gasteiger partial charge in [0.2, 0.25) is 5.91 Å². The normalized spacial score (nSPS) is 10.5. The zero-order chi connectivity index (χ0) is 13.5. The van der Waals surface area contributed by atoms with Gasteiger partial charge in [-0.2, -0.15) is 0 Å². The first-order valence-corrected chi connectivity index (χ1v) is 4.89. The van der Waals surface area contributed by atoms with E-state index in [2.05, 4.69) is 15.5 Å². The molecule has 9 nitrogen and oxygen atoms in total. The Kier molecular flexibility index (Phi) is 5.72. The highest BCUT2D eigenvalue weighted by Crippen LogP contribution is 2.01. The first kappa shape index (κ1) is 14.9. The molecule has 0 aliphatic rings. The lowest BCUT2D eigenvalue weighted by Gasteiger charge is -2.23. The second-order valence-electron chi connectivity index (χ2n) is 3.78. The first-order valence-electron chi connectivity index (χ1n) is 4.89. The summed E-state index contributed by atoms with van der Waals surface area (Å²) >= 11 is 0. The van der Waals surface area contributed by atoms with E-state index >= 15 is 0 Å². The van der Waals surface area contributed by atoms with Crippen LogP contribution in [-0.4, -0.2) is 35.7 Å². The average molecular weight is 248 g/mol. The second-order valence-corrected chi connectivity index (χ2v) is 3.78. The SMILES string of the molecule is CC(C)(NC(N)=O)C(=O)NCCCO[N+](=O)[O-]. The number of hydrogen-bond donors (Lipinski definition) is 3. The average Bonchev–Trinajstić information content (AvgIpc) is 2.14. The Bertz CT molecular complexity index is 304. The molecule has 98 valence electrons. The molecule has 0 spiro atoms. The van der Waals surface area contributed by atoms with Gasteiger partial charge < -0.3 is 21.2 Å². The van der Waals surface area contributed by atoms with Crippen LogP contribution in [0.4, 0.5) is 4.79 Å². The van der Waals surface area contributed by atoms with Crippen LogP contribution in [0, 0.1) is 10.1 Å². The van der Waals surface area contributed by atoms with Crippen molar-refractivity contribution in [1.82, 2.24) is 10.6 Å². The molecule has 0 aromatic carbocycles. The maximum absolute atomic E-state index is 11.5. The number of hydrogen-bond acceptors (Lipinski definition) is 5. The van der Waals surface area contributed by atoms with E-state index in [9.17, 15) is 19.7 Å². The van der Waals surface area contributed by atoms with Crippen LogP contribution in [-0.2, 0) is 9.63 Å². The summed E-state index contributed by atoms with van der Waals surface area (Å²) in [4.78, 5) is 36.0. The number of carbonyl (C=O) groups is 2. The fourth-order valence-corrected chi connectivity index (χ4v) is 0.999. The Morgan fingerprint density at radius 3 is 2.53 bits per heavy atom. The van der Waals surface area contributed by atoms with Crippen molar-refractivity contribution >= 4 is 11.9 Å². The third-order valence-corrected chi connectivity index (χ3v) is 1.81. The number of carbonyl (C=O) groups excluding carboxylic acids is 2. The monoisotopic (exact) mass is 248 g/mol. The maximum Gasteiger partial charge on any atom is 0.313 e. The van der Waals surface area contributed by atoms with Crippen LogP contribution in [0.5, 0.6) is 0 Å². The lowest BCUT2D eigenvalue weighted by atomic mass is 10.1. The predicted molar refractivity (Wildman–Crippen MR) is 57.4 cm³/mol. The minimum atomic E-state index is -1.13. The lowest BCUT2D eigenvalue weighted by molar-refractivity contribution is -0.757. The fourth-order valence-electron chi connectivity index (χ4n) is 0.999. The van der Waals surface area contributed by atoms with Crippen molar-refractivity contribution in [3.63, 3.8) is 0 Å². The number of amides is 3. The molecule has 0 bridgehead atoms. The zero-order valence-corrected chi connectivity index (χ0v) is 9.69. The van der Waals surface area contributed by atoms with E-state index in [1.807, 2.05) is 0 Å². The summed E-state index contributed by atoms with van der Waals surface area (Å²) in [5, 5.41) is 13.7. The highest BCUT2D eigenvalue weighted by atomic mass is 16.9. The van der Waals surface area contributed by atoms with E-state index in [0.29, 0.717) is 6.42 Å². The largest absolute Gasteiger partial charge is 0.354 e. The molecule has 0 saturated carbocycles. The molecule has 17 heavy (non-hydrogen) atoms. The van der Waals surface area contributed by atoms with E-state index in [1.165, 1.54) is 13.8 Å². The number of primary amides is 1. The predicted octanol–water partition coefficient (Wildman–Crippen LogP) is -0.852. The van der Waals surface area contributed by atoms with E-state index in [0.717, 1.165) is 0 Å². The summed E-state index contributed by atoms with van der Waals surface area (Å²) in [6.07, 6.45) is 0.291. The Hall–Kier alpha value is -2.06. The van der Waals surface area contributed by atoms with Crippen LogP contribution in [0.25, 0.3) is 0 Å². The van der Waals surface area contributed by atoms with Gasteiger partial charge in [-0.1, -0.05) is 0 Å². The van der Waals surface area contributed by atoms with Crippen LogP contribution in [0.3, 0.4) is 0 Å². The van der Waals surface area contributed by atoms with Crippen LogP contribution < -0.4 is 16.4 Å². The fraction of sp³-hybridized carbons (Fsp3) is 0.750. The molecule has 9 heteroatoms. The molecule has 0 atom stereocenters. The molecule has 3 amide bonds. The summed E-state index contributed by atoms with van der Waals surface area (Å²) in [5.41, 5.74) is 3.77. The number of nitrogens with zero attached hydrogens (tertiary/aromatic N) is 1. The van der Waals surface area contributed by atoms with Crippen molar-refractivity contribution in [3.05, 3.63) is 10.1 Å². The molecule has 0 radical (unpaired) electrons. The first-order chi connectivity index (χ1) is 7.75. The van der Waals surface area contributed by atoms with Gasteiger partial charge in [-0.15, -0.1) is 10.1 Å². The van der Waals surface area contributed by atoms with Gasteiger partial charge in [0.15, 0.2) is 0 Å². The highest BCUT2D eigenvalue weighted by Gasteiger charge is 2.28. The van der Waals surface area contributed by atoms with E-state index in [1.54, 1.807) is 0 Å². The Labute approximate surface area is 97.8 Å². The molecule has 4 N–H and O–H groups in total. The van der Waals surface area contributed by atoms with Crippen molar-refractivity contribution in [3.8, 4) is 0 Å². The van der Waals surface area contributed by atoms with Gasteiger partial charge in [0, 0.05) is 6.54 Å². The number of rotatable bonds is 7. The standard InChI is InChI=1S/C8H16N4O5/c1-8(2,11-7(9)14)6(13)10-4-3-5-17-12(15)16/h3-5H2,1-2H3,(H,10,13)(H3,9,11,14). The Morgan fingerprint density at radius 1 is 1.47 bits per heavy atom. The number of nitrogens with two attached hydrogens (primary N) is 1. The van der Waals surface area contributed by atoms with Gasteiger partial charge in [-0.25, -0.2) is 4.79 Å². The molecular formula is C8H16N4O5. The van der Waals surface area contributed by atoms with Crippen LogP contribution in [0.15, 0.2) is 0 Å². The van der Waals surface area contributed by atoms with Gasteiger partial charge in [0.25, 0.3) is 5.09 Å². The Morgan fingerprint density at radius 2 is 2.06 bits per heavy atom. The Balaban J connectivity index is 3.85. The third-order valence-electron chi connectivity index (χ3n) is 1.81. The summed E-state index contributed by atoms with van der Waals surface area (Å²) in [6, 6.07) is -0.804. The second kappa shape index (κ2) is 6.51. The summed E-state index contributed by atoms with van der Waals surface area (Å²) in [7, 11) is 0. The van der Waals surface area contributed by atoms with Crippen LogP contribution in [0.2, 0.25) is 0 Å². The van der Waals surface area contributed by atoms with E-state index in [4.69, 9.17) is 5.73 Å². The number of nitrogens with one attached hydrogen (secondary N) is 2. The smallest absolute Gasteiger partial charge is 0.313 e. The van der Waals surface area contributed by atoms with Crippen molar-refractivity contribution in [2.45, 2.75) is 25.8 Å². The van der Waals surface area contributed by atoms with E-state index < -0.39 is 22.6 Å². The van der Waals surface area contributed by atoms with E-state index in [-0.39, 0.29) is 13.2 Å². The molecule has 0 unspecified atom stereocenters. The highest BCUT2D eigenvalue weighted by molar-refractivity contribution is 5.89. The summed E-state index contributed by atoms with van der Waals surface area (Å²) in [6.45, 7) is 3.08. The quantitative estimate of drug-likeness (QED) is 0.306. The molecule has 0 fully saturated rings. The molecule has 0 aromatic rings. The molecule has 0 saturated heterocycles. The summed E-state index contributed by atoms with van der Waals surface area (Å²) in [5.74, 6) is -0.433. The van der Waals surface area contributed by atoms with Crippen LogP contribution >= 0.6 is 0 Å². The van der Waals surface area contributed by atoms with Gasteiger partial charge >= 0.3 is 6.03 Å². The topological polar surface area (TPSA) is 137 Å². The zero-order valence-electron chi connectivity index (χ0n) is 9.69. The van der Waals surface area contributed by atoms with Gasteiger partial charge in [0.1, 0.15) is 5.54 Å². The van der Waals surface area contributed by atoms with Crippen molar-refractivity contribution < 1.29 is 19.5 Å². The van der Waals surface area contributed by atoms with Gasteiger partial charge in [-0.05, 0) is 20.3 Å². The molecule has 0 aliphatic carbocycles. The molecule has 0 rings (SSSR count). The minimum Gasteiger partial charge on any atom is -0.354 e. The van der Waals surface area contributed by atoms with Gasteiger partial charge in [-0.3, -0.25) is 4.79 Å². The summed E-state index contributed by atoms with van der Waals surface area (Å²) < 4.78 is 0. The minimum absolute atomic E-state index is 0.100. The van der Waals surface area contributed by atoms with Gasteiger partial charge in [0.05, 0.1) is 6.61 Å². The van der Waals surface area contributed by atoms with Crippen LogP contribution in [0.1, 0.15) is 20.3 Å². The van der Waals surface area contributed by atoms with Crippen molar-refractivity contribution in [1.29, 1.82) is 0 Å².